The number of ether oxygens (including phenoxy) is 8. The van der Waals surface area contributed by atoms with Crippen LogP contribution in [0, 0.1) is 0 Å². The molecule has 152 valence electrons. The first-order valence-electron chi connectivity index (χ1n) is 8.83. The zero-order valence-electron chi connectivity index (χ0n) is 16.0. The fraction of sp³-hybridized carbons (Fsp3) is 1.00. The molecule has 0 saturated carbocycles. The van der Waals surface area contributed by atoms with Crippen molar-refractivity contribution >= 4 is 0 Å². The van der Waals surface area contributed by atoms with Crippen molar-refractivity contribution in [3.8, 4) is 0 Å². The standard InChI is InChI=1S/C17H36O8/c1-4-20-13-14-25-17(15-23-11-9-21-7-5-18-2)16-24-12-10-22-8-6-19-3/h17H,4-16H2,1-3H3. The zero-order chi connectivity index (χ0) is 18.4. The molecular formula is C17H36O8. The Hall–Kier alpha value is -0.320. The molecule has 0 aliphatic carbocycles. The number of rotatable bonds is 21. The minimum absolute atomic E-state index is 0.140. The Bertz CT molecular complexity index is 225. The first-order valence-corrected chi connectivity index (χ1v) is 8.83. The molecule has 0 N–H and O–H groups in total. The van der Waals surface area contributed by atoms with E-state index in [0.717, 1.165) is 0 Å². The fourth-order valence-electron chi connectivity index (χ4n) is 1.72. The van der Waals surface area contributed by atoms with E-state index in [4.69, 9.17) is 37.9 Å². The lowest BCUT2D eigenvalue weighted by molar-refractivity contribution is -0.0840. The Morgan fingerprint density at radius 2 is 0.960 bits per heavy atom. The van der Waals surface area contributed by atoms with E-state index >= 15 is 0 Å². The molecule has 0 fully saturated rings. The highest BCUT2D eigenvalue weighted by molar-refractivity contribution is 4.56. The molecule has 0 heterocycles. The van der Waals surface area contributed by atoms with Gasteiger partial charge in [-0.2, -0.15) is 0 Å². The first-order chi connectivity index (χ1) is 12.3. The van der Waals surface area contributed by atoms with Crippen LogP contribution in [0.1, 0.15) is 6.92 Å². The summed E-state index contributed by atoms with van der Waals surface area (Å²) in [5.41, 5.74) is 0. The van der Waals surface area contributed by atoms with Crippen molar-refractivity contribution in [3.63, 3.8) is 0 Å². The number of hydrogen-bond donors (Lipinski definition) is 0. The summed E-state index contributed by atoms with van der Waals surface area (Å²) in [7, 11) is 3.29. The monoisotopic (exact) mass is 368 g/mol. The highest BCUT2D eigenvalue weighted by atomic mass is 16.6. The topological polar surface area (TPSA) is 73.8 Å². The van der Waals surface area contributed by atoms with Crippen LogP contribution < -0.4 is 0 Å². The van der Waals surface area contributed by atoms with Gasteiger partial charge in [-0.3, -0.25) is 0 Å². The molecule has 0 aromatic carbocycles. The maximum Gasteiger partial charge on any atom is 0.104 e. The molecule has 0 saturated heterocycles. The predicted molar refractivity (Wildman–Crippen MR) is 93.3 cm³/mol. The van der Waals surface area contributed by atoms with E-state index in [1.807, 2.05) is 6.92 Å². The van der Waals surface area contributed by atoms with Crippen molar-refractivity contribution in [1.29, 1.82) is 0 Å². The lowest BCUT2D eigenvalue weighted by atomic mass is 10.4. The van der Waals surface area contributed by atoms with Crippen LogP contribution in [0.15, 0.2) is 0 Å². The summed E-state index contributed by atoms with van der Waals surface area (Å²) < 4.78 is 42.7. The maximum absolute atomic E-state index is 5.74. The predicted octanol–water partition coefficient (Wildman–Crippen LogP) is 0.767. The fourth-order valence-corrected chi connectivity index (χ4v) is 1.72. The zero-order valence-corrected chi connectivity index (χ0v) is 16.0. The summed E-state index contributed by atoms with van der Waals surface area (Å²) >= 11 is 0. The van der Waals surface area contributed by atoms with E-state index < -0.39 is 0 Å². The average Bonchev–Trinajstić information content (AvgIpc) is 2.63. The number of methoxy groups -OCH3 is 2. The first kappa shape index (κ1) is 24.7. The molecule has 0 aromatic heterocycles. The minimum atomic E-state index is -0.140. The molecule has 0 aromatic rings. The van der Waals surface area contributed by atoms with Crippen LogP contribution >= 0.6 is 0 Å². The normalized spacial score (nSPS) is 11.5. The second-order valence-electron chi connectivity index (χ2n) is 5.05. The van der Waals surface area contributed by atoms with E-state index in [2.05, 4.69) is 0 Å². The Balaban J connectivity index is 3.71. The molecule has 0 unspecified atom stereocenters. The molecule has 0 atom stereocenters. The van der Waals surface area contributed by atoms with Gasteiger partial charge in [0.1, 0.15) is 6.10 Å². The van der Waals surface area contributed by atoms with Crippen LogP contribution in [-0.2, 0) is 37.9 Å². The quantitative estimate of drug-likeness (QED) is 0.275. The summed E-state index contributed by atoms with van der Waals surface area (Å²) in [6.45, 7) is 9.00. The van der Waals surface area contributed by atoms with E-state index in [-0.39, 0.29) is 6.10 Å². The molecule has 25 heavy (non-hydrogen) atoms. The molecule has 0 amide bonds. The highest BCUT2D eigenvalue weighted by Crippen LogP contribution is 1.97. The number of hydrogen-bond acceptors (Lipinski definition) is 8. The van der Waals surface area contributed by atoms with E-state index in [0.29, 0.717) is 85.9 Å². The minimum Gasteiger partial charge on any atom is -0.382 e. The van der Waals surface area contributed by atoms with E-state index in [1.165, 1.54) is 0 Å². The Kier molecular flexibility index (Phi) is 21.4. The van der Waals surface area contributed by atoms with Gasteiger partial charge >= 0.3 is 0 Å². The SMILES string of the molecule is CCOCCOC(COCCOCCOC)COCCOCCOC. The van der Waals surface area contributed by atoms with Crippen LogP contribution in [-0.4, -0.2) is 106 Å². The molecule has 8 nitrogen and oxygen atoms in total. The summed E-state index contributed by atoms with van der Waals surface area (Å²) in [4.78, 5) is 0. The van der Waals surface area contributed by atoms with Crippen molar-refractivity contribution in [2.45, 2.75) is 13.0 Å². The summed E-state index contributed by atoms with van der Waals surface area (Å²) in [5.74, 6) is 0. The Labute approximate surface area is 151 Å². The van der Waals surface area contributed by atoms with Gasteiger partial charge in [-0.25, -0.2) is 0 Å². The van der Waals surface area contributed by atoms with Crippen molar-refractivity contribution in [1.82, 2.24) is 0 Å². The Morgan fingerprint density at radius 1 is 0.520 bits per heavy atom. The van der Waals surface area contributed by atoms with Gasteiger partial charge in [0.2, 0.25) is 0 Å². The molecule has 0 radical (unpaired) electrons. The van der Waals surface area contributed by atoms with Crippen LogP contribution in [0.2, 0.25) is 0 Å². The molecule has 0 rings (SSSR count). The van der Waals surface area contributed by atoms with Gasteiger partial charge in [0, 0.05) is 20.8 Å². The molecule has 0 bridgehead atoms. The van der Waals surface area contributed by atoms with Gasteiger partial charge in [0.25, 0.3) is 0 Å². The lowest BCUT2D eigenvalue weighted by Gasteiger charge is -2.18. The van der Waals surface area contributed by atoms with E-state index in [9.17, 15) is 0 Å². The molecule has 0 spiro atoms. The molecular weight excluding hydrogens is 332 g/mol. The van der Waals surface area contributed by atoms with Gasteiger partial charge in [-0.05, 0) is 6.92 Å². The van der Waals surface area contributed by atoms with Crippen molar-refractivity contribution in [2.75, 3.05) is 100 Å². The van der Waals surface area contributed by atoms with Crippen LogP contribution in [0.3, 0.4) is 0 Å². The van der Waals surface area contributed by atoms with Crippen molar-refractivity contribution < 1.29 is 37.9 Å². The maximum atomic E-state index is 5.74. The van der Waals surface area contributed by atoms with Gasteiger partial charge in [-0.1, -0.05) is 0 Å². The third-order valence-corrected chi connectivity index (χ3v) is 3.00. The van der Waals surface area contributed by atoms with Crippen LogP contribution in [0.4, 0.5) is 0 Å². The van der Waals surface area contributed by atoms with Gasteiger partial charge in [-0.15, -0.1) is 0 Å². The van der Waals surface area contributed by atoms with E-state index in [1.54, 1.807) is 14.2 Å². The second-order valence-corrected chi connectivity index (χ2v) is 5.05. The van der Waals surface area contributed by atoms with Gasteiger partial charge in [0.15, 0.2) is 0 Å². The molecule has 8 heteroatoms. The van der Waals surface area contributed by atoms with Crippen LogP contribution in [0.5, 0.6) is 0 Å². The largest absolute Gasteiger partial charge is 0.382 e. The third kappa shape index (κ3) is 19.8. The highest BCUT2D eigenvalue weighted by Gasteiger charge is 2.10. The van der Waals surface area contributed by atoms with Gasteiger partial charge < -0.3 is 37.9 Å². The average molecular weight is 368 g/mol. The summed E-state index contributed by atoms with van der Waals surface area (Å²) in [6.07, 6.45) is -0.140. The smallest absolute Gasteiger partial charge is 0.104 e. The lowest BCUT2D eigenvalue weighted by Crippen LogP contribution is -2.28. The summed E-state index contributed by atoms with van der Waals surface area (Å²) in [6, 6.07) is 0. The Morgan fingerprint density at radius 3 is 1.44 bits per heavy atom. The molecule has 0 aliphatic rings. The third-order valence-electron chi connectivity index (χ3n) is 3.00. The molecule has 0 aliphatic heterocycles. The second kappa shape index (κ2) is 21.7. The van der Waals surface area contributed by atoms with Crippen LogP contribution in [0.25, 0.3) is 0 Å². The van der Waals surface area contributed by atoms with Gasteiger partial charge in [0.05, 0.1) is 79.3 Å². The summed E-state index contributed by atoms with van der Waals surface area (Å²) in [5, 5.41) is 0. The van der Waals surface area contributed by atoms with Crippen molar-refractivity contribution in [2.24, 2.45) is 0 Å². The van der Waals surface area contributed by atoms with Crippen molar-refractivity contribution in [3.05, 3.63) is 0 Å².